The molecule has 0 spiro atoms. The molecule has 2 N–H and O–H groups in total. The number of thioether (sulfide) groups is 1. The van der Waals surface area contributed by atoms with Crippen molar-refractivity contribution in [2.75, 3.05) is 5.75 Å². The van der Waals surface area contributed by atoms with Crippen LogP contribution in [0.5, 0.6) is 0 Å². The van der Waals surface area contributed by atoms with Crippen molar-refractivity contribution in [3.05, 3.63) is 63.6 Å². The highest BCUT2D eigenvalue weighted by Gasteiger charge is 2.10. The molecular weight excluding hydrogens is 376 g/mol. The molecule has 0 aliphatic rings. The second-order valence-corrected chi connectivity index (χ2v) is 6.92. The topological polar surface area (TPSA) is 58.2 Å². The smallest absolute Gasteiger partial charge is 0.270 e. The van der Waals surface area contributed by atoms with Crippen LogP contribution in [-0.2, 0) is 4.79 Å². The molecule has 2 amide bonds. The van der Waals surface area contributed by atoms with Crippen molar-refractivity contribution >= 4 is 39.5 Å². The molecule has 0 saturated carbocycles. The van der Waals surface area contributed by atoms with Crippen LogP contribution in [0.1, 0.15) is 21.5 Å². The summed E-state index contributed by atoms with van der Waals surface area (Å²) in [7, 11) is 0. The summed E-state index contributed by atoms with van der Waals surface area (Å²) in [5.74, 6) is -0.380. The standard InChI is InChI=1S/C17H17BrN2O2S/c1-11-7-8-13(9-12(11)2)23-10-16(21)19-20-17(22)14-5-3-4-6-15(14)18/h3-9H,10H2,1-2H3,(H,19,21)(H,20,22). The molecule has 2 aromatic carbocycles. The third kappa shape index (κ3) is 5.11. The van der Waals surface area contributed by atoms with Gasteiger partial charge in [-0.2, -0.15) is 0 Å². The molecule has 0 aromatic heterocycles. The third-order valence-corrected chi connectivity index (χ3v) is 4.97. The van der Waals surface area contributed by atoms with Crippen molar-refractivity contribution in [3.8, 4) is 0 Å². The Kier molecular flexibility index (Phi) is 6.24. The van der Waals surface area contributed by atoms with E-state index in [0.29, 0.717) is 10.0 Å². The van der Waals surface area contributed by atoms with Gasteiger partial charge in [-0.15, -0.1) is 11.8 Å². The lowest BCUT2D eigenvalue weighted by Crippen LogP contribution is -2.42. The van der Waals surface area contributed by atoms with Crippen LogP contribution in [0.25, 0.3) is 0 Å². The van der Waals surface area contributed by atoms with E-state index in [9.17, 15) is 9.59 Å². The van der Waals surface area contributed by atoms with E-state index < -0.39 is 0 Å². The van der Waals surface area contributed by atoms with Gasteiger partial charge >= 0.3 is 0 Å². The fourth-order valence-corrected chi connectivity index (χ4v) is 3.09. The molecule has 0 atom stereocenters. The summed E-state index contributed by atoms with van der Waals surface area (Å²) in [4.78, 5) is 24.8. The first-order valence-electron chi connectivity index (χ1n) is 7.01. The molecule has 2 aromatic rings. The second-order valence-electron chi connectivity index (χ2n) is 5.02. The fourth-order valence-electron chi connectivity index (χ4n) is 1.83. The largest absolute Gasteiger partial charge is 0.272 e. The van der Waals surface area contributed by atoms with E-state index >= 15 is 0 Å². The van der Waals surface area contributed by atoms with Crippen molar-refractivity contribution < 1.29 is 9.59 Å². The van der Waals surface area contributed by atoms with Crippen LogP contribution in [-0.4, -0.2) is 17.6 Å². The van der Waals surface area contributed by atoms with Gasteiger partial charge in [0.2, 0.25) is 5.91 Å². The molecule has 0 fully saturated rings. The van der Waals surface area contributed by atoms with Gasteiger partial charge < -0.3 is 0 Å². The number of carbonyl (C=O) groups excluding carboxylic acids is 2. The molecule has 0 radical (unpaired) electrons. The first kappa shape index (κ1) is 17.6. The summed E-state index contributed by atoms with van der Waals surface area (Å²) < 4.78 is 0.677. The van der Waals surface area contributed by atoms with Gasteiger partial charge in [0, 0.05) is 9.37 Å². The van der Waals surface area contributed by atoms with Crippen LogP contribution in [0.4, 0.5) is 0 Å². The number of hydrazine groups is 1. The van der Waals surface area contributed by atoms with Gasteiger partial charge in [0.1, 0.15) is 0 Å². The quantitative estimate of drug-likeness (QED) is 0.616. The Bertz CT molecular complexity index is 734. The highest BCUT2D eigenvalue weighted by molar-refractivity contribution is 9.10. The van der Waals surface area contributed by atoms with Crippen LogP contribution in [0.15, 0.2) is 51.8 Å². The molecule has 0 aliphatic heterocycles. The van der Waals surface area contributed by atoms with Gasteiger partial charge in [0.25, 0.3) is 5.91 Å². The van der Waals surface area contributed by atoms with Crippen LogP contribution >= 0.6 is 27.7 Å². The predicted molar refractivity (Wildman–Crippen MR) is 96.4 cm³/mol. The molecule has 0 unspecified atom stereocenters. The lowest BCUT2D eigenvalue weighted by molar-refractivity contribution is -0.119. The number of amides is 2. The van der Waals surface area contributed by atoms with Gasteiger partial charge in [-0.1, -0.05) is 18.2 Å². The molecule has 2 rings (SSSR count). The van der Waals surface area contributed by atoms with Gasteiger partial charge in [0.05, 0.1) is 11.3 Å². The minimum Gasteiger partial charge on any atom is -0.272 e. The average Bonchev–Trinajstić information content (AvgIpc) is 2.54. The Labute approximate surface area is 148 Å². The monoisotopic (exact) mass is 392 g/mol. The number of halogens is 1. The lowest BCUT2D eigenvalue weighted by Gasteiger charge is -2.09. The Morgan fingerprint density at radius 3 is 2.48 bits per heavy atom. The Morgan fingerprint density at radius 1 is 1.04 bits per heavy atom. The van der Waals surface area contributed by atoms with Crippen LogP contribution in [0, 0.1) is 13.8 Å². The van der Waals surface area contributed by atoms with E-state index in [-0.39, 0.29) is 17.6 Å². The van der Waals surface area contributed by atoms with Gasteiger partial charge in [-0.05, 0) is 65.2 Å². The number of aryl methyl sites for hydroxylation is 2. The van der Waals surface area contributed by atoms with Crippen LogP contribution in [0.3, 0.4) is 0 Å². The van der Waals surface area contributed by atoms with E-state index in [4.69, 9.17) is 0 Å². The number of nitrogens with one attached hydrogen (secondary N) is 2. The summed E-state index contributed by atoms with van der Waals surface area (Å²) in [6.45, 7) is 4.09. The first-order valence-corrected chi connectivity index (χ1v) is 8.79. The Balaban J connectivity index is 1.82. The fraction of sp³-hybridized carbons (Fsp3) is 0.176. The highest BCUT2D eigenvalue weighted by Crippen LogP contribution is 2.20. The Morgan fingerprint density at radius 2 is 1.78 bits per heavy atom. The maximum Gasteiger partial charge on any atom is 0.270 e. The van der Waals surface area contributed by atoms with Crippen LogP contribution < -0.4 is 10.9 Å². The molecule has 6 heteroatoms. The van der Waals surface area contributed by atoms with E-state index in [1.165, 1.54) is 22.9 Å². The van der Waals surface area contributed by atoms with Crippen molar-refractivity contribution in [2.24, 2.45) is 0 Å². The molecule has 0 aliphatic carbocycles. The molecule has 23 heavy (non-hydrogen) atoms. The SMILES string of the molecule is Cc1ccc(SCC(=O)NNC(=O)c2ccccc2Br)cc1C. The average molecular weight is 393 g/mol. The minimum absolute atomic E-state index is 0.235. The molecule has 0 saturated heterocycles. The van der Waals surface area contributed by atoms with Crippen molar-refractivity contribution in [1.82, 2.24) is 10.9 Å². The van der Waals surface area contributed by atoms with Gasteiger partial charge in [-0.25, -0.2) is 0 Å². The number of hydrogen-bond donors (Lipinski definition) is 2. The summed E-state index contributed by atoms with van der Waals surface area (Å²) >= 11 is 4.73. The Hall–Kier alpha value is -1.79. The lowest BCUT2D eigenvalue weighted by atomic mass is 10.1. The summed E-state index contributed by atoms with van der Waals surface area (Å²) in [5, 5.41) is 0. The van der Waals surface area contributed by atoms with Gasteiger partial charge in [-0.3, -0.25) is 20.4 Å². The highest BCUT2D eigenvalue weighted by atomic mass is 79.9. The molecule has 4 nitrogen and oxygen atoms in total. The van der Waals surface area contributed by atoms with E-state index in [0.717, 1.165) is 4.90 Å². The van der Waals surface area contributed by atoms with E-state index in [1.807, 2.05) is 38.1 Å². The third-order valence-electron chi connectivity index (χ3n) is 3.28. The number of rotatable bonds is 4. The zero-order valence-corrected chi connectivity index (χ0v) is 15.3. The van der Waals surface area contributed by atoms with E-state index in [2.05, 4.69) is 26.8 Å². The predicted octanol–water partition coefficient (Wildman–Crippen LogP) is 3.62. The maximum atomic E-state index is 12.0. The summed E-state index contributed by atoms with van der Waals surface area (Å²) in [6, 6.07) is 13.1. The maximum absolute atomic E-state index is 12.0. The van der Waals surface area contributed by atoms with E-state index in [1.54, 1.807) is 18.2 Å². The summed E-state index contributed by atoms with van der Waals surface area (Å²) in [6.07, 6.45) is 0. The second kappa shape index (κ2) is 8.17. The zero-order valence-electron chi connectivity index (χ0n) is 12.9. The van der Waals surface area contributed by atoms with Gasteiger partial charge in [0.15, 0.2) is 0 Å². The van der Waals surface area contributed by atoms with Crippen LogP contribution in [0.2, 0.25) is 0 Å². The molecular formula is C17H17BrN2O2S. The number of benzene rings is 2. The van der Waals surface area contributed by atoms with Crippen molar-refractivity contribution in [3.63, 3.8) is 0 Å². The van der Waals surface area contributed by atoms with Crippen molar-refractivity contribution in [1.29, 1.82) is 0 Å². The minimum atomic E-state index is -0.359. The first-order chi connectivity index (χ1) is 11.0. The zero-order chi connectivity index (χ0) is 16.8. The number of hydrogen-bond acceptors (Lipinski definition) is 3. The summed E-state index contributed by atoms with van der Waals surface area (Å²) in [5.41, 5.74) is 7.72. The van der Waals surface area contributed by atoms with Crippen molar-refractivity contribution in [2.45, 2.75) is 18.7 Å². The molecule has 0 heterocycles. The molecule has 0 bridgehead atoms. The normalized spacial score (nSPS) is 10.2. The number of carbonyl (C=O) groups is 2. The molecule has 120 valence electrons.